The number of rotatable bonds is 8. The number of aromatic nitrogens is 2. The van der Waals surface area contributed by atoms with Gasteiger partial charge in [0.1, 0.15) is 0 Å². The molecule has 0 atom stereocenters. The highest BCUT2D eigenvalue weighted by molar-refractivity contribution is 7.20. The van der Waals surface area contributed by atoms with Crippen molar-refractivity contribution in [2.45, 2.75) is 6.92 Å². The Morgan fingerprint density at radius 2 is 0.812 bits per heavy atom. The summed E-state index contributed by atoms with van der Waals surface area (Å²) >= 11 is 0. The molecule has 0 amide bonds. The second kappa shape index (κ2) is 12.7. The molecule has 0 aliphatic rings. The summed E-state index contributed by atoms with van der Waals surface area (Å²) in [4.78, 5) is 0. The fourth-order valence-electron chi connectivity index (χ4n) is 7.46. The third-order valence-corrected chi connectivity index (χ3v) is 14.3. The summed E-state index contributed by atoms with van der Waals surface area (Å²) in [6.45, 7) is 2.30. The van der Waals surface area contributed by atoms with Crippen LogP contribution in [0.25, 0.3) is 33.6 Å². The van der Waals surface area contributed by atoms with Gasteiger partial charge in [-0.1, -0.05) is 158 Å². The Bertz CT molecular complexity index is 2160. The SMILES string of the molecule is Cc1c(-c2ccccc2)c(-c2ccn(-c3ccccc3)c2)c([Si](c2ccccc2)(c2ccccc2)c2ccccc2)n1-c1ccccc1. The van der Waals surface area contributed by atoms with Crippen molar-refractivity contribution in [3.05, 3.63) is 206 Å². The van der Waals surface area contributed by atoms with Gasteiger partial charge in [-0.3, -0.25) is 0 Å². The fourth-order valence-corrected chi connectivity index (χ4v) is 12.6. The standard InChI is InChI=1S/C45H36N2Si/c1-35-43(36-20-8-2-9-21-36)44(37-32-33-46(34-37)38-22-10-3-11-23-38)45(47(35)39-24-12-4-13-25-39)48(40-26-14-5-15-27-40,41-28-16-6-17-29-41)42-30-18-7-19-31-42/h2-34H,1H3. The molecule has 0 spiro atoms. The number of hydrogen-bond donors (Lipinski definition) is 0. The first-order valence-electron chi connectivity index (χ1n) is 16.5. The highest BCUT2D eigenvalue weighted by Crippen LogP contribution is 2.39. The molecule has 0 aliphatic heterocycles. The zero-order valence-corrected chi connectivity index (χ0v) is 27.9. The van der Waals surface area contributed by atoms with Crippen molar-refractivity contribution in [1.82, 2.24) is 9.13 Å². The van der Waals surface area contributed by atoms with Crippen LogP contribution in [0, 0.1) is 6.92 Å². The summed E-state index contributed by atoms with van der Waals surface area (Å²) in [5.74, 6) is 0. The fraction of sp³-hybridized carbons (Fsp3) is 0.0222. The Morgan fingerprint density at radius 3 is 1.29 bits per heavy atom. The van der Waals surface area contributed by atoms with Gasteiger partial charge in [-0.05, 0) is 58.4 Å². The van der Waals surface area contributed by atoms with Gasteiger partial charge in [-0.25, -0.2) is 0 Å². The van der Waals surface area contributed by atoms with E-state index >= 15 is 0 Å². The molecule has 0 fully saturated rings. The lowest BCUT2D eigenvalue weighted by atomic mass is 9.98. The lowest BCUT2D eigenvalue weighted by Crippen LogP contribution is -2.76. The maximum absolute atomic E-state index is 3.01. The molecule has 0 saturated carbocycles. The molecular formula is C45H36N2Si. The molecule has 2 nitrogen and oxygen atoms in total. The third kappa shape index (κ3) is 4.97. The molecule has 0 radical (unpaired) electrons. The third-order valence-electron chi connectivity index (χ3n) is 9.50. The van der Waals surface area contributed by atoms with Crippen LogP contribution in [0.4, 0.5) is 0 Å². The second-order valence-corrected chi connectivity index (χ2v) is 15.9. The molecule has 2 heterocycles. The average molecular weight is 633 g/mol. The van der Waals surface area contributed by atoms with Crippen molar-refractivity contribution in [1.29, 1.82) is 0 Å². The van der Waals surface area contributed by atoms with E-state index in [4.69, 9.17) is 0 Å². The molecule has 0 N–H and O–H groups in total. The minimum Gasteiger partial charge on any atom is -0.323 e. The average Bonchev–Trinajstić information content (AvgIpc) is 3.78. The van der Waals surface area contributed by atoms with Gasteiger partial charge in [0.2, 0.25) is 8.07 Å². The van der Waals surface area contributed by atoms with Crippen LogP contribution in [-0.4, -0.2) is 17.2 Å². The van der Waals surface area contributed by atoms with Crippen molar-refractivity contribution in [3.63, 3.8) is 0 Å². The number of benzene rings is 6. The van der Waals surface area contributed by atoms with Gasteiger partial charge in [0.15, 0.2) is 0 Å². The molecule has 6 aromatic carbocycles. The minimum absolute atomic E-state index is 1.14. The van der Waals surface area contributed by atoms with E-state index in [1.165, 1.54) is 48.8 Å². The number of para-hydroxylation sites is 2. The molecule has 48 heavy (non-hydrogen) atoms. The van der Waals surface area contributed by atoms with Crippen LogP contribution >= 0.6 is 0 Å². The summed E-state index contributed by atoms with van der Waals surface area (Å²) in [7, 11) is -3.01. The lowest BCUT2D eigenvalue weighted by molar-refractivity contribution is 1.04. The van der Waals surface area contributed by atoms with Crippen LogP contribution in [0.15, 0.2) is 200 Å². The van der Waals surface area contributed by atoms with Crippen LogP contribution in [-0.2, 0) is 0 Å². The van der Waals surface area contributed by atoms with E-state index in [1.54, 1.807) is 0 Å². The smallest absolute Gasteiger partial charge is 0.200 e. The molecular weight excluding hydrogens is 597 g/mol. The predicted molar refractivity (Wildman–Crippen MR) is 204 cm³/mol. The summed E-state index contributed by atoms with van der Waals surface area (Å²) < 4.78 is 4.83. The highest BCUT2D eigenvalue weighted by atomic mass is 28.3. The first kappa shape index (κ1) is 29.5. The summed E-state index contributed by atoms with van der Waals surface area (Å²) in [6, 6.07) is 68.5. The quantitative estimate of drug-likeness (QED) is 0.118. The minimum atomic E-state index is -3.01. The van der Waals surface area contributed by atoms with E-state index < -0.39 is 8.07 Å². The van der Waals surface area contributed by atoms with Crippen LogP contribution in [0.2, 0.25) is 0 Å². The van der Waals surface area contributed by atoms with E-state index in [9.17, 15) is 0 Å². The van der Waals surface area contributed by atoms with E-state index in [-0.39, 0.29) is 0 Å². The summed E-state index contributed by atoms with van der Waals surface area (Å²) in [5, 5.41) is 5.39. The van der Waals surface area contributed by atoms with E-state index in [2.05, 4.69) is 217 Å². The van der Waals surface area contributed by atoms with Crippen molar-refractivity contribution >= 4 is 29.0 Å². The van der Waals surface area contributed by atoms with Crippen LogP contribution in [0.3, 0.4) is 0 Å². The van der Waals surface area contributed by atoms with Gasteiger partial charge in [-0.15, -0.1) is 0 Å². The van der Waals surface area contributed by atoms with Gasteiger partial charge in [0.05, 0.1) is 0 Å². The predicted octanol–water partition coefficient (Wildman–Crippen LogP) is 8.29. The van der Waals surface area contributed by atoms with Gasteiger partial charge >= 0.3 is 0 Å². The maximum atomic E-state index is 2.58. The first-order valence-corrected chi connectivity index (χ1v) is 18.5. The monoisotopic (exact) mass is 632 g/mol. The van der Waals surface area contributed by atoms with Crippen LogP contribution in [0.5, 0.6) is 0 Å². The van der Waals surface area contributed by atoms with Gasteiger partial charge < -0.3 is 9.13 Å². The Kier molecular flexibility index (Phi) is 7.81. The Labute approximate surface area is 283 Å². The lowest BCUT2D eigenvalue weighted by Gasteiger charge is -2.36. The molecule has 2 aromatic heterocycles. The molecule has 0 bridgehead atoms. The summed E-state index contributed by atoms with van der Waals surface area (Å²) in [6.07, 6.45) is 4.52. The highest BCUT2D eigenvalue weighted by Gasteiger charge is 2.47. The molecule has 0 unspecified atom stereocenters. The molecule has 3 heteroatoms. The van der Waals surface area contributed by atoms with Crippen LogP contribution < -0.4 is 20.9 Å². The van der Waals surface area contributed by atoms with Crippen molar-refractivity contribution < 1.29 is 0 Å². The van der Waals surface area contributed by atoms with E-state index in [1.807, 2.05) is 0 Å². The number of nitrogens with zero attached hydrogens (tertiary/aromatic N) is 2. The number of hydrogen-bond acceptors (Lipinski definition) is 0. The van der Waals surface area contributed by atoms with Crippen molar-refractivity contribution in [3.8, 4) is 33.6 Å². The first-order chi connectivity index (χ1) is 23.8. The molecule has 0 saturated heterocycles. The topological polar surface area (TPSA) is 9.86 Å². The molecule has 8 rings (SSSR count). The van der Waals surface area contributed by atoms with Gasteiger partial charge in [0.25, 0.3) is 0 Å². The summed E-state index contributed by atoms with van der Waals surface area (Å²) in [5.41, 5.74) is 8.49. The Hall–Kier alpha value is -5.90. The van der Waals surface area contributed by atoms with E-state index in [0.717, 1.165) is 11.4 Å². The van der Waals surface area contributed by atoms with Gasteiger partial charge in [-0.2, -0.15) is 0 Å². The Morgan fingerprint density at radius 1 is 0.396 bits per heavy atom. The second-order valence-electron chi connectivity index (χ2n) is 12.2. The molecule has 8 aromatic rings. The van der Waals surface area contributed by atoms with Crippen molar-refractivity contribution in [2.24, 2.45) is 0 Å². The zero-order chi connectivity index (χ0) is 32.3. The van der Waals surface area contributed by atoms with Gasteiger partial charge in [0, 0.05) is 51.5 Å². The van der Waals surface area contributed by atoms with E-state index in [0.29, 0.717) is 0 Å². The largest absolute Gasteiger partial charge is 0.323 e. The molecule has 230 valence electrons. The maximum Gasteiger partial charge on any atom is 0.200 e. The molecule has 0 aliphatic carbocycles. The van der Waals surface area contributed by atoms with Crippen LogP contribution in [0.1, 0.15) is 5.69 Å². The zero-order valence-electron chi connectivity index (χ0n) is 26.9. The van der Waals surface area contributed by atoms with Crippen molar-refractivity contribution in [2.75, 3.05) is 0 Å². The Balaban J connectivity index is 1.61. The normalized spacial score (nSPS) is 11.4.